The number of rotatable bonds is 3. The molecule has 1 unspecified atom stereocenters. The van der Waals surface area contributed by atoms with Gasteiger partial charge < -0.3 is 24.8 Å². The third-order valence-corrected chi connectivity index (χ3v) is 14.7. The zero-order valence-electron chi connectivity index (χ0n) is 18.6. The molecule has 3 rings (SSSR count). The van der Waals surface area contributed by atoms with Gasteiger partial charge >= 0.3 is 173 Å². The SMILES string of the molecule is CC1=C(C)C(C)([SiH](C)C)[C]([Zr+2][c]2[nH]c3ccccc3c2C(C)(C)C)=C1C.[Cl-].[Cl-]. The summed E-state index contributed by atoms with van der Waals surface area (Å²) in [7, 11) is -0.852. The molecule has 0 radical (unpaired) electrons. The fourth-order valence-corrected chi connectivity index (χ4v) is 13.6. The fraction of sp³-hybridized carbons (Fsp3) is 0.478. The molecule has 1 aromatic carbocycles. The summed E-state index contributed by atoms with van der Waals surface area (Å²) in [4.78, 5) is 3.86. The van der Waals surface area contributed by atoms with Crippen LogP contribution in [0.1, 0.15) is 54.0 Å². The number of aromatic nitrogens is 1. The molecule has 0 aliphatic heterocycles. The van der Waals surface area contributed by atoms with Crippen LogP contribution in [0.15, 0.2) is 44.3 Å². The summed E-state index contributed by atoms with van der Waals surface area (Å²) in [5.41, 5.74) is 7.88. The molecule has 0 spiro atoms. The second-order valence-electron chi connectivity index (χ2n) is 9.40. The van der Waals surface area contributed by atoms with Crippen LogP contribution in [-0.4, -0.2) is 13.8 Å². The maximum absolute atomic E-state index is 3.86. The standard InChI is InChI=1S/C12H14N.C11H19Si.2ClH.Zr/c1-12(2,3)10-8-13-11-7-5-4-6-9(10)11;1-8-7-11(4,12(5)6)10(3)9(8)2;;;/h4-7,13H,1-3H3;12H,1-6H3;2*1H;/q;;;;+2/p-2. The van der Waals surface area contributed by atoms with Gasteiger partial charge in [-0.1, -0.05) is 0 Å². The van der Waals surface area contributed by atoms with E-state index in [0.29, 0.717) is 5.04 Å². The van der Waals surface area contributed by atoms with Crippen molar-refractivity contribution in [2.75, 3.05) is 0 Å². The van der Waals surface area contributed by atoms with Crippen molar-refractivity contribution in [3.8, 4) is 0 Å². The maximum atomic E-state index is 3.86. The van der Waals surface area contributed by atoms with Crippen molar-refractivity contribution in [3.63, 3.8) is 0 Å². The summed E-state index contributed by atoms with van der Waals surface area (Å²) in [6.45, 7) is 21.8. The molecule has 1 aromatic heterocycles. The molecule has 0 bridgehead atoms. The first-order valence-corrected chi connectivity index (χ1v) is 15.1. The average Bonchev–Trinajstić information content (AvgIpc) is 3.01. The quantitative estimate of drug-likeness (QED) is 0.559. The van der Waals surface area contributed by atoms with Crippen LogP contribution in [0.25, 0.3) is 10.9 Å². The normalized spacial score (nSPS) is 19.8. The van der Waals surface area contributed by atoms with Crippen LogP contribution in [0, 0.1) is 0 Å². The van der Waals surface area contributed by atoms with Gasteiger partial charge in [0.15, 0.2) is 0 Å². The van der Waals surface area contributed by atoms with Gasteiger partial charge in [0.05, 0.1) is 0 Å². The van der Waals surface area contributed by atoms with Crippen LogP contribution in [0.5, 0.6) is 0 Å². The van der Waals surface area contributed by atoms with Crippen molar-refractivity contribution >= 4 is 23.1 Å². The van der Waals surface area contributed by atoms with E-state index in [0.717, 1.165) is 0 Å². The first-order valence-electron chi connectivity index (χ1n) is 9.77. The minimum absolute atomic E-state index is 0. The number of allylic oxidation sites excluding steroid dienone is 4. The molecule has 0 fully saturated rings. The fourth-order valence-electron chi connectivity index (χ4n) is 4.52. The molecule has 1 atom stereocenters. The van der Waals surface area contributed by atoms with Crippen LogP contribution in [0.3, 0.4) is 0 Å². The third-order valence-electron chi connectivity index (χ3n) is 6.66. The van der Waals surface area contributed by atoms with Crippen molar-refractivity contribution in [3.05, 3.63) is 49.8 Å². The van der Waals surface area contributed by atoms with Gasteiger partial charge in [0.25, 0.3) is 0 Å². The molecule has 152 valence electrons. The summed E-state index contributed by atoms with van der Waals surface area (Å²) in [5, 5.41) is 1.80. The van der Waals surface area contributed by atoms with E-state index in [1.54, 1.807) is 25.7 Å². The van der Waals surface area contributed by atoms with Gasteiger partial charge in [-0.25, -0.2) is 0 Å². The van der Waals surface area contributed by atoms with Crippen LogP contribution < -0.4 is 28.2 Å². The molecule has 0 amide bonds. The van der Waals surface area contributed by atoms with Gasteiger partial charge in [-0.05, 0) is 0 Å². The average molecular weight is 514 g/mol. The van der Waals surface area contributed by atoms with Gasteiger partial charge in [-0.2, -0.15) is 0 Å². The second-order valence-corrected chi connectivity index (χ2v) is 15.9. The summed E-state index contributed by atoms with van der Waals surface area (Å²) >= 11 is -0.900. The van der Waals surface area contributed by atoms with E-state index in [4.69, 9.17) is 0 Å². The van der Waals surface area contributed by atoms with Crippen molar-refractivity contribution in [1.29, 1.82) is 0 Å². The summed E-state index contributed by atoms with van der Waals surface area (Å²) in [5.74, 6) is 0. The number of hydrogen-bond acceptors (Lipinski definition) is 0. The molecule has 1 heterocycles. The Kier molecular flexibility index (Phi) is 8.31. The van der Waals surface area contributed by atoms with Crippen LogP contribution >= 0.6 is 0 Å². The van der Waals surface area contributed by atoms with Gasteiger partial charge in [-0.15, -0.1) is 0 Å². The van der Waals surface area contributed by atoms with E-state index in [-0.39, 0.29) is 30.2 Å². The Balaban J connectivity index is 0.00000196. The summed E-state index contributed by atoms with van der Waals surface area (Å²) in [6, 6.07) is 8.88. The molecular weight excluding hydrogens is 480 g/mol. The largest absolute Gasteiger partial charge is 1.00 e. The van der Waals surface area contributed by atoms with Crippen molar-refractivity contribution in [2.24, 2.45) is 0 Å². The monoisotopic (exact) mass is 511 g/mol. The maximum Gasteiger partial charge on any atom is -1.00 e. The predicted molar refractivity (Wildman–Crippen MR) is 115 cm³/mol. The van der Waals surface area contributed by atoms with E-state index < -0.39 is 32.0 Å². The number of halogens is 2. The number of aromatic amines is 1. The van der Waals surface area contributed by atoms with Crippen LogP contribution in [-0.2, 0) is 28.6 Å². The van der Waals surface area contributed by atoms with Gasteiger partial charge in [0.1, 0.15) is 0 Å². The first-order chi connectivity index (χ1) is 12.0. The zero-order chi connectivity index (χ0) is 19.4. The molecule has 0 saturated heterocycles. The van der Waals surface area contributed by atoms with Crippen molar-refractivity contribution < 1.29 is 48.0 Å². The molecular formula is C23H33Cl2NSiZr. The third kappa shape index (κ3) is 4.07. The van der Waals surface area contributed by atoms with Gasteiger partial charge in [0.2, 0.25) is 0 Å². The number of fused-ring (bicyclic) bond motifs is 1. The number of benzene rings is 1. The van der Waals surface area contributed by atoms with Gasteiger partial charge in [0, 0.05) is 0 Å². The van der Waals surface area contributed by atoms with E-state index in [1.165, 1.54) is 10.9 Å². The predicted octanol–water partition coefficient (Wildman–Crippen LogP) is 0.0522. The Hall–Kier alpha value is -0.0800. The number of para-hydroxylation sites is 1. The molecule has 1 N–H and O–H groups in total. The van der Waals surface area contributed by atoms with Crippen molar-refractivity contribution in [2.45, 2.75) is 72.0 Å². The number of nitrogens with one attached hydrogen (secondary N) is 1. The summed E-state index contributed by atoms with van der Waals surface area (Å²) < 4.78 is 3.41. The van der Waals surface area contributed by atoms with Gasteiger partial charge in [-0.3, -0.25) is 0 Å². The topological polar surface area (TPSA) is 15.8 Å². The van der Waals surface area contributed by atoms with E-state index in [1.807, 2.05) is 3.28 Å². The first kappa shape index (κ1) is 26.0. The number of hydrogen-bond donors (Lipinski definition) is 1. The van der Waals surface area contributed by atoms with E-state index in [9.17, 15) is 0 Å². The Morgan fingerprint density at radius 1 is 0.964 bits per heavy atom. The van der Waals surface area contributed by atoms with E-state index in [2.05, 4.69) is 90.8 Å². The minimum atomic E-state index is -0.900. The minimum Gasteiger partial charge on any atom is -1.00 e. The zero-order valence-corrected chi connectivity index (χ0v) is 23.8. The Labute approximate surface area is 196 Å². The molecule has 1 aliphatic rings. The molecule has 1 aliphatic carbocycles. The Morgan fingerprint density at radius 2 is 1.54 bits per heavy atom. The number of H-pyrrole nitrogens is 1. The molecule has 2 aromatic rings. The molecule has 1 nitrogen and oxygen atoms in total. The molecule has 0 saturated carbocycles. The molecule has 28 heavy (non-hydrogen) atoms. The van der Waals surface area contributed by atoms with Crippen LogP contribution in [0.4, 0.5) is 0 Å². The van der Waals surface area contributed by atoms with E-state index >= 15 is 0 Å². The smallest absolute Gasteiger partial charge is 1.00 e. The van der Waals surface area contributed by atoms with Crippen molar-refractivity contribution in [1.82, 2.24) is 4.98 Å². The Morgan fingerprint density at radius 3 is 2.07 bits per heavy atom. The summed E-state index contributed by atoms with van der Waals surface area (Å²) in [6.07, 6.45) is 0. The second kappa shape index (κ2) is 8.96. The van der Waals surface area contributed by atoms with Crippen LogP contribution in [0.2, 0.25) is 18.1 Å². The Bertz CT molecular complexity index is 934. The molecule has 5 heteroatoms.